The number of benzene rings is 2. The lowest BCUT2D eigenvalue weighted by atomic mass is 10.2. The Morgan fingerprint density at radius 2 is 1.75 bits per heavy atom. The zero-order valence-corrected chi connectivity index (χ0v) is 15.3. The zero-order chi connectivity index (χ0) is 19.8. The van der Waals surface area contributed by atoms with E-state index in [-0.39, 0.29) is 5.70 Å². The fourth-order valence-electron chi connectivity index (χ4n) is 2.48. The summed E-state index contributed by atoms with van der Waals surface area (Å²) in [5, 5.41) is 5.46. The first kappa shape index (κ1) is 19.0. The van der Waals surface area contributed by atoms with Crippen LogP contribution in [0.25, 0.3) is 6.08 Å². The minimum Gasteiger partial charge on any atom is -0.497 e. The van der Waals surface area contributed by atoms with Gasteiger partial charge in [0.25, 0.3) is 11.8 Å². The van der Waals surface area contributed by atoms with Crippen molar-refractivity contribution in [2.75, 3.05) is 7.11 Å². The van der Waals surface area contributed by atoms with Crippen molar-refractivity contribution in [3.05, 3.63) is 95.6 Å². The summed E-state index contributed by atoms with van der Waals surface area (Å²) in [5.41, 5.74) is 1.45. The molecule has 0 aliphatic carbocycles. The highest BCUT2D eigenvalue weighted by atomic mass is 16.5. The Hall–Kier alpha value is -3.80. The first-order chi connectivity index (χ1) is 13.7. The number of nitrogens with one attached hydrogen (secondary N) is 2. The molecular weight excluding hydrogens is 356 g/mol. The van der Waals surface area contributed by atoms with Crippen LogP contribution in [0, 0.1) is 0 Å². The van der Waals surface area contributed by atoms with Gasteiger partial charge in [0.15, 0.2) is 0 Å². The predicted molar refractivity (Wildman–Crippen MR) is 105 cm³/mol. The Balaban J connectivity index is 1.74. The van der Waals surface area contributed by atoms with Gasteiger partial charge in [-0.3, -0.25) is 9.59 Å². The van der Waals surface area contributed by atoms with Crippen LogP contribution in [0.4, 0.5) is 0 Å². The molecule has 3 aromatic rings. The summed E-state index contributed by atoms with van der Waals surface area (Å²) >= 11 is 0. The van der Waals surface area contributed by atoms with Crippen LogP contribution >= 0.6 is 0 Å². The number of rotatable bonds is 7. The van der Waals surface area contributed by atoms with Gasteiger partial charge in [-0.15, -0.1) is 0 Å². The van der Waals surface area contributed by atoms with Gasteiger partial charge in [0.1, 0.15) is 17.2 Å². The van der Waals surface area contributed by atoms with Gasteiger partial charge in [-0.25, -0.2) is 0 Å². The van der Waals surface area contributed by atoms with Gasteiger partial charge < -0.3 is 19.8 Å². The van der Waals surface area contributed by atoms with Crippen molar-refractivity contribution in [3.63, 3.8) is 0 Å². The summed E-state index contributed by atoms with van der Waals surface area (Å²) in [6, 6.07) is 19.5. The van der Waals surface area contributed by atoms with E-state index in [0.717, 1.165) is 5.56 Å². The average Bonchev–Trinajstić information content (AvgIpc) is 3.25. The third-order valence-electron chi connectivity index (χ3n) is 3.97. The average molecular weight is 376 g/mol. The normalized spacial score (nSPS) is 11.0. The molecule has 0 aliphatic heterocycles. The molecule has 1 heterocycles. The maximum atomic E-state index is 12.7. The molecule has 0 aliphatic rings. The highest BCUT2D eigenvalue weighted by molar-refractivity contribution is 6.05. The van der Waals surface area contributed by atoms with E-state index >= 15 is 0 Å². The van der Waals surface area contributed by atoms with E-state index in [1.54, 1.807) is 43.5 Å². The molecule has 2 amide bonds. The minimum absolute atomic E-state index is 0.0895. The van der Waals surface area contributed by atoms with Gasteiger partial charge in [-0.05, 0) is 42.0 Å². The fraction of sp³-hybridized carbons (Fsp3) is 0.0909. The predicted octanol–water partition coefficient (Wildman–Crippen LogP) is 3.38. The molecule has 0 saturated heterocycles. The Morgan fingerprint density at radius 3 is 2.39 bits per heavy atom. The summed E-state index contributed by atoms with van der Waals surface area (Å²) in [5.74, 6) is 0.279. The molecule has 0 radical (unpaired) electrons. The van der Waals surface area contributed by atoms with Crippen LogP contribution in [0.5, 0.6) is 5.75 Å². The number of hydrogen-bond acceptors (Lipinski definition) is 4. The number of ether oxygens (including phenoxy) is 1. The van der Waals surface area contributed by atoms with Crippen molar-refractivity contribution in [1.29, 1.82) is 0 Å². The highest BCUT2D eigenvalue weighted by Crippen LogP contribution is 2.12. The standard InChI is InChI=1S/C22H20N2O4/c1-27-18-11-9-17(10-12-18)21(25)24-20(14-19-8-5-13-28-19)22(26)23-15-16-6-3-2-4-7-16/h2-14H,15H2,1H3,(H,23,26)(H,24,25)/b20-14+. The number of carbonyl (C=O) groups excluding carboxylic acids is 2. The Labute approximate surface area is 162 Å². The summed E-state index contributed by atoms with van der Waals surface area (Å²) < 4.78 is 10.4. The molecule has 0 atom stereocenters. The van der Waals surface area contributed by atoms with Crippen molar-refractivity contribution < 1.29 is 18.7 Å². The molecule has 6 heteroatoms. The second-order valence-electron chi connectivity index (χ2n) is 5.92. The van der Waals surface area contributed by atoms with Crippen LogP contribution < -0.4 is 15.4 Å². The maximum Gasteiger partial charge on any atom is 0.268 e. The fourth-order valence-corrected chi connectivity index (χ4v) is 2.48. The van der Waals surface area contributed by atoms with Crippen molar-refractivity contribution in [3.8, 4) is 5.75 Å². The van der Waals surface area contributed by atoms with Crippen LogP contribution in [0.15, 0.2) is 83.1 Å². The van der Waals surface area contributed by atoms with Gasteiger partial charge in [-0.1, -0.05) is 30.3 Å². The summed E-state index contributed by atoms with van der Waals surface area (Å²) in [4.78, 5) is 25.2. The number of methoxy groups -OCH3 is 1. The molecule has 6 nitrogen and oxygen atoms in total. The van der Waals surface area contributed by atoms with Gasteiger partial charge in [0.05, 0.1) is 13.4 Å². The minimum atomic E-state index is -0.415. The van der Waals surface area contributed by atoms with Gasteiger partial charge in [0, 0.05) is 18.2 Å². The van der Waals surface area contributed by atoms with E-state index in [9.17, 15) is 9.59 Å². The second kappa shape index (κ2) is 9.23. The van der Waals surface area contributed by atoms with Gasteiger partial charge in [-0.2, -0.15) is 0 Å². The van der Waals surface area contributed by atoms with Gasteiger partial charge in [0.2, 0.25) is 0 Å². The largest absolute Gasteiger partial charge is 0.497 e. The number of furan rings is 1. The summed E-state index contributed by atoms with van der Waals surface area (Å²) in [6.07, 6.45) is 2.98. The molecule has 2 aromatic carbocycles. The highest BCUT2D eigenvalue weighted by Gasteiger charge is 2.15. The van der Waals surface area contributed by atoms with Crippen LogP contribution in [0.1, 0.15) is 21.7 Å². The first-order valence-corrected chi connectivity index (χ1v) is 8.68. The second-order valence-corrected chi connectivity index (χ2v) is 5.92. The third kappa shape index (κ3) is 5.11. The van der Waals surface area contributed by atoms with Crippen LogP contribution in [0.2, 0.25) is 0 Å². The van der Waals surface area contributed by atoms with Crippen LogP contribution in [-0.2, 0) is 11.3 Å². The Morgan fingerprint density at radius 1 is 1.00 bits per heavy atom. The van der Waals surface area contributed by atoms with E-state index in [1.165, 1.54) is 12.3 Å². The first-order valence-electron chi connectivity index (χ1n) is 8.68. The van der Waals surface area contributed by atoms with E-state index in [1.807, 2.05) is 30.3 Å². The Bertz CT molecular complexity index is 946. The lowest BCUT2D eigenvalue weighted by molar-refractivity contribution is -0.117. The van der Waals surface area contributed by atoms with Crippen molar-refractivity contribution in [2.45, 2.75) is 6.54 Å². The third-order valence-corrected chi connectivity index (χ3v) is 3.97. The van der Waals surface area contributed by atoms with Crippen molar-refractivity contribution >= 4 is 17.9 Å². The lowest BCUT2D eigenvalue weighted by Gasteiger charge is -2.11. The number of hydrogen-bond donors (Lipinski definition) is 2. The van der Waals surface area contributed by atoms with E-state index in [4.69, 9.17) is 9.15 Å². The van der Waals surface area contributed by atoms with E-state index < -0.39 is 11.8 Å². The van der Waals surface area contributed by atoms with Gasteiger partial charge >= 0.3 is 0 Å². The SMILES string of the molecule is COc1ccc(C(=O)N/C(=C/c2ccco2)C(=O)NCc2ccccc2)cc1. The molecule has 142 valence electrons. The molecule has 0 unspecified atom stereocenters. The molecule has 1 aromatic heterocycles. The summed E-state index contributed by atoms with van der Waals surface area (Å²) in [7, 11) is 1.55. The molecule has 3 rings (SSSR count). The smallest absolute Gasteiger partial charge is 0.268 e. The molecular formula is C22H20N2O4. The van der Waals surface area contributed by atoms with Crippen molar-refractivity contribution in [1.82, 2.24) is 10.6 Å². The van der Waals surface area contributed by atoms with Crippen molar-refractivity contribution in [2.24, 2.45) is 0 Å². The van der Waals surface area contributed by atoms with Crippen LogP contribution in [-0.4, -0.2) is 18.9 Å². The van der Waals surface area contributed by atoms with Crippen LogP contribution in [0.3, 0.4) is 0 Å². The maximum absolute atomic E-state index is 12.7. The molecule has 2 N–H and O–H groups in total. The number of carbonyl (C=O) groups is 2. The van der Waals surface area contributed by atoms with E-state index in [2.05, 4.69) is 10.6 Å². The summed E-state index contributed by atoms with van der Waals surface area (Å²) in [6.45, 7) is 0.341. The number of amides is 2. The topological polar surface area (TPSA) is 80.6 Å². The Kier molecular flexibility index (Phi) is 6.25. The monoisotopic (exact) mass is 376 g/mol. The molecule has 0 bridgehead atoms. The van der Waals surface area contributed by atoms with E-state index in [0.29, 0.717) is 23.6 Å². The molecule has 0 spiro atoms. The lowest BCUT2D eigenvalue weighted by Crippen LogP contribution is -2.34. The zero-order valence-electron chi connectivity index (χ0n) is 15.3. The molecule has 0 fully saturated rings. The molecule has 0 saturated carbocycles. The molecule has 28 heavy (non-hydrogen) atoms. The quantitative estimate of drug-likeness (QED) is 0.620.